The van der Waals surface area contributed by atoms with E-state index in [-0.39, 0.29) is 6.04 Å². The van der Waals surface area contributed by atoms with Crippen LogP contribution in [0.4, 0.5) is 0 Å². The van der Waals surface area contributed by atoms with Gasteiger partial charge in [0.25, 0.3) is 0 Å². The Morgan fingerprint density at radius 2 is 1.88 bits per heavy atom. The zero-order valence-corrected chi connectivity index (χ0v) is 11.8. The lowest BCUT2D eigenvalue weighted by molar-refractivity contribution is 0.463. The Morgan fingerprint density at radius 3 is 2.35 bits per heavy atom. The number of halogens is 1. The molecule has 3 heteroatoms. The fourth-order valence-electron chi connectivity index (χ4n) is 2.07. The first-order chi connectivity index (χ1) is 8.13. The fourth-order valence-corrected chi connectivity index (χ4v) is 2.30. The van der Waals surface area contributed by atoms with E-state index in [9.17, 15) is 0 Å². The van der Waals surface area contributed by atoms with E-state index < -0.39 is 0 Å². The zero-order valence-electron chi connectivity index (χ0n) is 10.3. The van der Waals surface area contributed by atoms with Gasteiger partial charge in [-0.2, -0.15) is 0 Å². The topological polar surface area (TPSA) is 25.2 Å². The van der Waals surface area contributed by atoms with E-state index in [1.807, 2.05) is 19.2 Å². The summed E-state index contributed by atoms with van der Waals surface area (Å²) >= 11 is 3.59. The zero-order chi connectivity index (χ0) is 12.4. The molecule has 0 aliphatic rings. The molecule has 0 bridgehead atoms. The number of hydrogen-bond donors (Lipinski definition) is 1. The Kier molecular flexibility index (Phi) is 3.69. The highest BCUT2D eigenvalue weighted by molar-refractivity contribution is 9.10. The van der Waals surface area contributed by atoms with Crippen molar-refractivity contribution < 1.29 is 4.42 Å². The molecule has 0 spiro atoms. The molecule has 0 aliphatic carbocycles. The van der Waals surface area contributed by atoms with Gasteiger partial charge in [-0.05, 0) is 49.7 Å². The first-order valence-electron chi connectivity index (χ1n) is 5.60. The molecular weight excluding hydrogens is 278 g/mol. The van der Waals surface area contributed by atoms with Gasteiger partial charge in [0, 0.05) is 4.47 Å². The molecule has 0 fully saturated rings. The van der Waals surface area contributed by atoms with E-state index >= 15 is 0 Å². The van der Waals surface area contributed by atoms with Crippen molar-refractivity contribution in [1.29, 1.82) is 0 Å². The van der Waals surface area contributed by atoms with Gasteiger partial charge in [-0.1, -0.05) is 28.1 Å². The summed E-state index contributed by atoms with van der Waals surface area (Å²) in [5.41, 5.74) is 3.71. The standard InChI is InChI=1S/C14H16BrNO/c1-9-7-11(8-10(2)13(9)15)14(16-3)12-5-4-6-17-12/h4-8,14,16H,1-3H3. The summed E-state index contributed by atoms with van der Waals surface area (Å²) in [5.74, 6) is 0.939. The molecule has 0 amide bonds. The molecule has 0 saturated carbocycles. The van der Waals surface area contributed by atoms with Crippen LogP contribution in [0.25, 0.3) is 0 Å². The highest BCUT2D eigenvalue weighted by Crippen LogP contribution is 2.28. The van der Waals surface area contributed by atoms with Crippen LogP contribution in [-0.4, -0.2) is 7.05 Å². The summed E-state index contributed by atoms with van der Waals surface area (Å²) in [4.78, 5) is 0. The van der Waals surface area contributed by atoms with Crippen molar-refractivity contribution in [3.63, 3.8) is 0 Å². The lowest BCUT2D eigenvalue weighted by Gasteiger charge is -2.16. The molecule has 2 aromatic rings. The van der Waals surface area contributed by atoms with Gasteiger partial charge in [-0.3, -0.25) is 0 Å². The SMILES string of the molecule is CNC(c1cc(C)c(Br)c(C)c1)c1ccco1. The first kappa shape index (κ1) is 12.4. The van der Waals surface area contributed by atoms with Gasteiger partial charge in [-0.25, -0.2) is 0 Å². The highest BCUT2D eigenvalue weighted by atomic mass is 79.9. The Bertz CT molecular complexity index is 482. The number of benzene rings is 1. The largest absolute Gasteiger partial charge is 0.467 e. The van der Waals surface area contributed by atoms with Crippen molar-refractivity contribution in [2.45, 2.75) is 19.9 Å². The maximum absolute atomic E-state index is 5.48. The quantitative estimate of drug-likeness (QED) is 0.926. The van der Waals surface area contributed by atoms with Crippen LogP contribution in [0.3, 0.4) is 0 Å². The molecule has 17 heavy (non-hydrogen) atoms. The van der Waals surface area contributed by atoms with E-state index in [1.165, 1.54) is 21.2 Å². The van der Waals surface area contributed by atoms with Crippen LogP contribution in [0.5, 0.6) is 0 Å². The van der Waals surface area contributed by atoms with Crippen LogP contribution < -0.4 is 5.32 Å². The minimum absolute atomic E-state index is 0.107. The molecule has 0 radical (unpaired) electrons. The second kappa shape index (κ2) is 5.07. The number of furan rings is 1. The minimum Gasteiger partial charge on any atom is -0.467 e. The molecule has 0 aliphatic heterocycles. The molecule has 2 rings (SSSR count). The van der Waals surface area contributed by atoms with Gasteiger partial charge in [0.15, 0.2) is 0 Å². The number of rotatable bonds is 3. The van der Waals surface area contributed by atoms with E-state index in [1.54, 1.807) is 6.26 Å². The maximum Gasteiger partial charge on any atom is 0.125 e. The van der Waals surface area contributed by atoms with Gasteiger partial charge in [0.05, 0.1) is 12.3 Å². The Labute approximate surface area is 110 Å². The van der Waals surface area contributed by atoms with Crippen LogP contribution in [0.1, 0.15) is 28.5 Å². The lowest BCUT2D eigenvalue weighted by atomic mass is 10.00. The Balaban J connectivity index is 2.45. The van der Waals surface area contributed by atoms with Crippen LogP contribution in [-0.2, 0) is 0 Å². The molecular formula is C14H16BrNO. The lowest BCUT2D eigenvalue weighted by Crippen LogP contribution is -2.17. The third-order valence-corrected chi connectivity index (χ3v) is 4.16. The van der Waals surface area contributed by atoms with Gasteiger partial charge in [-0.15, -0.1) is 0 Å². The number of hydrogen-bond acceptors (Lipinski definition) is 2. The first-order valence-corrected chi connectivity index (χ1v) is 6.40. The summed E-state index contributed by atoms with van der Waals surface area (Å²) in [6.45, 7) is 4.21. The maximum atomic E-state index is 5.48. The summed E-state index contributed by atoms with van der Waals surface area (Å²) in [6, 6.07) is 8.38. The van der Waals surface area contributed by atoms with Crippen molar-refractivity contribution in [2.75, 3.05) is 7.05 Å². The molecule has 1 atom stereocenters. The van der Waals surface area contributed by atoms with E-state index in [2.05, 4.69) is 47.2 Å². The summed E-state index contributed by atoms with van der Waals surface area (Å²) < 4.78 is 6.65. The van der Waals surface area contributed by atoms with Crippen LogP contribution >= 0.6 is 15.9 Å². The normalized spacial score (nSPS) is 12.7. The third-order valence-electron chi connectivity index (χ3n) is 2.91. The highest BCUT2D eigenvalue weighted by Gasteiger charge is 2.16. The van der Waals surface area contributed by atoms with Gasteiger partial charge >= 0.3 is 0 Å². The molecule has 1 N–H and O–H groups in total. The summed E-state index contributed by atoms with van der Waals surface area (Å²) in [5, 5.41) is 3.29. The average Bonchev–Trinajstić information content (AvgIpc) is 2.80. The molecule has 1 unspecified atom stereocenters. The molecule has 1 aromatic carbocycles. The second-order valence-electron chi connectivity index (χ2n) is 4.21. The van der Waals surface area contributed by atoms with Crippen LogP contribution in [0, 0.1) is 13.8 Å². The third kappa shape index (κ3) is 2.45. The van der Waals surface area contributed by atoms with Gasteiger partial charge in [0.1, 0.15) is 5.76 Å². The van der Waals surface area contributed by atoms with Crippen LogP contribution in [0.15, 0.2) is 39.4 Å². The van der Waals surface area contributed by atoms with Crippen molar-refractivity contribution in [3.8, 4) is 0 Å². The molecule has 2 nitrogen and oxygen atoms in total. The van der Waals surface area contributed by atoms with E-state index in [0.717, 1.165) is 5.76 Å². The van der Waals surface area contributed by atoms with Gasteiger partial charge < -0.3 is 9.73 Å². The van der Waals surface area contributed by atoms with Crippen molar-refractivity contribution in [2.24, 2.45) is 0 Å². The molecule has 1 aromatic heterocycles. The van der Waals surface area contributed by atoms with E-state index in [0.29, 0.717) is 0 Å². The average molecular weight is 294 g/mol. The smallest absolute Gasteiger partial charge is 0.125 e. The predicted molar refractivity (Wildman–Crippen MR) is 73.2 cm³/mol. The number of aryl methyl sites for hydroxylation is 2. The molecule has 90 valence electrons. The summed E-state index contributed by atoms with van der Waals surface area (Å²) in [6.07, 6.45) is 1.71. The van der Waals surface area contributed by atoms with Crippen molar-refractivity contribution >= 4 is 15.9 Å². The van der Waals surface area contributed by atoms with Crippen molar-refractivity contribution in [1.82, 2.24) is 5.32 Å². The molecule has 0 saturated heterocycles. The summed E-state index contributed by atoms with van der Waals surface area (Å²) in [7, 11) is 1.94. The van der Waals surface area contributed by atoms with E-state index in [4.69, 9.17) is 4.42 Å². The molecule has 1 heterocycles. The predicted octanol–water partition coefficient (Wildman–Crippen LogP) is 3.97. The minimum atomic E-state index is 0.107. The monoisotopic (exact) mass is 293 g/mol. The number of nitrogens with one attached hydrogen (secondary N) is 1. The van der Waals surface area contributed by atoms with Gasteiger partial charge in [0.2, 0.25) is 0 Å². The Morgan fingerprint density at radius 1 is 1.24 bits per heavy atom. The second-order valence-corrected chi connectivity index (χ2v) is 5.00. The van der Waals surface area contributed by atoms with Crippen molar-refractivity contribution in [3.05, 3.63) is 57.5 Å². The Hall–Kier alpha value is -1.06. The van der Waals surface area contributed by atoms with Crippen LogP contribution in [0.2, 0.25) is 0 Å². The fraction of sp³-hybridized carbons (Fsp3) is 0.286.